The predicted octanol–water partition coefficient (Wildman–Crippen LogP) is 2.64. The van der Waals surface area contributed by atoms with E-state index >= 15 is 0 Å². The summed E-state index contributed by atoms with van der Waals surface area (Å²) in [7, 11) is -3.05. The molecule has 1 saturated heterocycles. The van der Waals surface area contributed by atoms with E-state index in [-0.39, 0.29) is 40.9 Å². The highest BCUT2D eigenvalue weighted by atomic mass is 32.2. The third-order valence-electron chi connectivity index (χ3n) is 4.60. The number of thioether (sulfide) groups is 1. The summed E-state index contributed by atoms with van der Waals surface area (Å²) in [6, 6.07) is 6.04. The summed E-state index contributed by atoms with van der Waals surface area (Å²) in [4.78, 5) is 24.7. The summed E-state index contributed by atoms with van der Waals surface area (Å²) in [5.41, 5.74) is 0.951. The number of non-ortho nitro benzene ring substituents is 1. The Morgan fingerprint density at radius 2 is 2.04 bits per heavy atom. The van der Waals surface area contributed by atoms with Crippen LogP contribution in [0.25, 0.3) is 0 Å². The lowest BCUT2D eigenvalue weighted by atomic mass is 10.1. The fourth-order valence-electron chi connectivity index (χ4n) is 3.05. The highest BCUT2D eigenvalue weighted by Gasteiger charge is 2.36. The zero-order valence-electron chi connectivity index (χ0n) is 15.0. The molecular weight excluding hydrogens is 376 g/mol. The molecule has 0 radical (unpaired) electrons. The van der Waals surface area contributed by atoms with Gasteiger partial charge in [0.05, 0.1) is 22.2 Å². The summed E-state index contributed by atoms with van der Waals surface area (Å²) < 4.78 is 23.5. The molecule has 26 heavy (non-hydrogen) atoms. The van der Waals surface area contributed by atoms with Crippen molar-refractivity contribution in [3.05, 3.63) is 39.9 Å². The molecule has 144 valence electrons. The van der Waals surface area contributed by atoms with E-state index in [4.69, 9.17) is 0 Å². The van der Waals surface area contributed by atoms with Crippen molar-refractivity contribution in [1.29, 1.82) is 0 Å². The van der Waals surface area contributed by atoms with Crippen molar-refractivity contribution in [2.75, 3.05) is 17.3 Å². The molecule has 1 aliphatic rings. The number of hydrogen-bond donors (Lipinski definition) is 0. The lowest BCUT2D eigenvalue weighted by Gasteiger charge is -2.33. The Hall–Kier alpha value is -1.61. The standard InChI is InChI=1S/C17H24N2O5S2/c1-3-13(2)18(16-8-9-26(23,24)12-16)17(20)11-25-10-14-4-6-15(7-5-14)19(21)22/h4-7,13,16H,3,8-12H2,1-2H3/t13-,16-/m0/s1. The fraction of sp³-hybridized carbons (Fsp3) is 0.588. The van der Waals surface area contributed by atoms with Crippen LogP contribution in [0.15, 0.2) is 24.3 Å². The summed E-state index contributed by atoms with van der Waals surface area (Å²) in [6.45, 7) is 3.93. The molecule has 2 atom stereocenters. The Balaban J connectivity index is 1.93. The summed E-state index contributed by atoms with van der Waals surface area (Å²) in [6.07, 6.45) is 1.28. The van der Waals surface area contributed by atoms with Crippen LogP contribution in [0.4, 0.5) is 5.69 Å². The number of sulfone groups is 1. The van der Waals surface area contributed by atoms with Crippen molar-refractivity contribution in [2.45, 2.75) is 44.5 Å². The van der Waals surface area contributed by atoms with E-state index in [1.807, 2.05) is 13.8 Å². The molecule has 0 spiro atoms. The Bertz CT molecular complexity index is 749. The van der Waals surface area contributed by atoms with Crippen molar-refractivity contribution in [3.63, 3.8) is 0 Å². The smallest absolute Gasteiger partial charge is 0.269 e. The van der Waals surface area contributed by atoms with E-state index < -0.39 is 14.8 Å². The number of rotatable bonds is 8. The Morgan fingerprint density at radius 1 is 1.38 bits per heavy atom. The van der Waals surface area contributed by atoms with E-state index in [0.717, 1.165) is 12.0 Å². The molecule has 0 N–H and O–H groups in total. The normalized spacial score (nSPS) is 19.8. The van der Waals surface area contributed by atoms with Crippen LogP contribution in [0.2, 0.25) is 0 Å². The molecule has 0 saturated carbocycles. The van der Waals surface area contributed by atoms with Gasteiger partial charge < -0.3 is 4.90 Å². The van der Waals surface area contributed by atoms with Crippen LogP contribution < -0.4 is 0 Å². The molecular formula is C17H24N2O5S2. The first kappa shape index (κ1) is 20.7. The zero-order valence-corrected chi connectivity index (χ0v) is 16.6. The van der Waals surface area contributed by atoms with Gasteiger partial charge in [0.15, 0.2) is 9.84 Å². The highest BCUT2D eigenvalue weighted by Crippen LogP contribution is 2.23. The number of carbonyl (C=O) groups excluding carboxylic acids is 1. The monoisotopic (exact) mass is 400 g/mol. The third-order valence-corrected chi connectivity index (χ3v) is 7.34. The van der Waals surface area contributed by atoms with Gasteiger partial charge in [-0.05, 0) is 25.3 Å². The minimum atomic E-state index is -3.05. The van der Waals surface area contributed by atoms with Crippen LogP contribution >= 0.6 is 11.8 Å². The van der Waals surface area contributed by atoms with Gasteiger partial charge in [0.25, 0.3) is 5.69 Å². The summed E-state index contributed by atoms with van der Waals surface area (Å²) in [5, 5.41) is 10.7. The molecule has 1 aromatic carbocycles. The molecule has 0 unspecified atom stereocenters. The van der Waals surface area contributed by atoms with Gasteiger partial charge in [-0.1, -0.05) is 19.1 Å². The first-order valence-corrected chi connectivity index (χ1v) is 11.5. The second-order valence-corrected chi connectivity index (χ2v) is 9.75. The van der Waals surface area contributed by atoms with Crippen molar-refractivity contribution >= 4 is 33.2 Å². The van der Waals surface area contributed by atoms with Crippen molar-refractivity contribution in [1.82, 2.24) is 4.90 Å². The lowest BCUT2D eigenvalue weighted by molar-refractivity contribution is -0.384. The first-order valence-electron chi connectivity index (χ1n) is 8.56. The van der Waals surface area contributed by atoms with Crippen LogP contribution in [0, 0.1) is 10.1 Å². The van der Waals surface area contributed by atoms with E-state index in [1.165, 1.54) is 23.9 Å². The summed E-state index contributed by atoms with van der Waals surface area (Å²) in [5.74, 6) is 0.983. The quantitative estimate of drug-likeness (QED) is 0.491. The zero-order chi connectivity index (χ0) is 19.3. The molecule has 1 aliphatic heterocycles. The molecule has 1 amide bonds. The maximum Gasteiger partial charge on any atom is 0.269 e. The summed E-state index contributed by atoms with van der Waals surface area (Å²) >= 11 is 1.43. The number of amides is 1. The largest absolute Gasteiger partial charge is 0.335 e. The van der Waals surface area contributed by atoms with Gasteiger partial charge in [-0.3, -0.25) is 14.9 Å². The minimum Gasteiger partial charge on any atom is -0.335 e. The average Bonchev–Trinajstić information content (AvgIpc) is 2.94. The lowest BCUT2D eigenvalue weighted by Crippen LogP contribution is -2.47. The number of benzene rings is 1. The van der Waals surface area contributed by atoms with Crippen LogP contribution in [0.5, 0.6) is 0 Å². The van der Waals surface area contributed by atoms with Gasteiger partial charge in [0.1, 0.15) is 0 Å². The molecule has 0 aromatic heterocycles. The first-order chi connectivity index (χ1) is 12.2. The number of nitro groups is 1. The predicted molar refractivity (Wildman–Crippen MR) is 103 cm³/mol. The number of nitro benzene ring substituents is 1. The fourth-order valence-corrected chi connectivity index (χ4v) is 5.61. The van der Waals surface area contributed by atoms with E-state index in [0.29, 0.717) is 12.2 Å². The van der Waals surface area contributed by atoms with Crippen LogP contribution in [-0.2, 0) is 20.4 Å². The van der Waals surface area contributed by atoms with Gasteiger partial charge in [0.2, 0.25) is 5.91 Å². The number of carbonyl (C=O) groups is 1. The van der Waals surface area contributed by atoms with Crippen molar-refractivity contribution in [2.24, 2.45) is 0 Å². The molecule has 7 nitrogen and oxygen atoms in total. The topological polar surface area (TPSA) is 97.6 Å². The van der Waals surface area contributed by atoms with Crippen LogP contribution in [0.1, 0.15) is 32.3 Å². The van der Waals surface area contributed by atoms with Gasteiger partial charge in [-0.2, -0.15) is 0 Å². The van der Waals surface area contributed by atoms with E-state index in [2.05, 4.69) is 0 Å². The molecule has 9 heteroatoms. The van der Waals surface area contributed by atoms with Crippen LogP contribution in [0.3, 0.4) is 0 Å². The maximum absolute atomic E-state index is 12.7. The molecule has 0 bridgehead atoms. The Labute approximate surface area is 158 Å². The molecule has 1 heterocycles. The Morgan fingerprint density at radius 3 is 2.54 bits per heavy atom. The van der Waals surface area contributed by atoms with Gasteiger partial charge in [-0.25, -0.2) is 8.42 Å². The number of hydrogen-bond acceptors (Lipinski definition) is 6. The van der Waals surface area contributed by atoms with Crippen LogP contribution in [-0.4, -0.2) is 53.5 Å². The molecule has 0 aliphatic carbocycles. The van der Waals surface area contributed by atoms with Crippen molar-refractivity contribution in [3.8, 4) is 0 Å². The van der Waals surface area contributed by atoms with Crippen molar-refractivity contribution < 1.29 is 18.1 Å². The molecule has 2 rings (SSSR count). The second-order valence-electron chi connectivity index (χ2n) is 6.53. The minimum absolute atomic E-state index is 0.000717. The van der Waals surface area contributed by atoms with Gasteiger partial charge in [0, 0.05) is 30.0 Å². The SMILES string of the molecule is CC[C@H](C)N(C(=O)CSCc1ccc([N+](=O)[O-])cc1)[C@H]1CCS(=O)(=O)C1. The van der Waals surface area contributed by atoms with E-state index in [1.54, 1.807) is 17.0 Å². The number of nitrogens with zero attached hydrogens (tertiary/aromatic N) is 2. The second kappa shape index (κ2) is 8.85. The third kappa shape index (κ3) is 5.44. The average molecular weight is 401 g/mol. The highest BCUT2D eigenvalue weighted by molar-refractivity contribution is 7.99. The van der Waals surface area contributed by atoms with E-state index in [9.17, 15) is 23.3 Å². The molecule has 1 aromatic rings. The Kier molecular flexibility index (Phi) is 7.05. The maximum atomic E-state index is 12.7. The molecule has 1 fully saturated rings. The van der Waals surface area contributed by atoms with Gasteiger partial charge >= 0.3 is 0 Å². The van der Waals surface area contributed by atoms with Gasteiger partial charge in [-0.15, -0.1) is 11.8 Å².